The molecule has 110 valence electrons. The van der Waals surface area contributed by atoms with Gasteiger partial charge in [-0.1, -0.05) is 0 Å². The van der Waals surface area contributed by atoms with E-state index in [-0.39, 0.29) is 24.0 Å². The Labute approximate surface area is 115 Å². The average molecular weight is 288 g/mol. The molecule has 0 amide bonds. The van der Waals surface area contributed by atoms with Gasteiger partial charge in [-0.2, -0.15) is 0 Å². The SMILES string of the molecule is CS(=O)(=O)CCC(=O)C1CCCN1C1CCNCC1. The number of carbonyl (C=O) groups excluding carboxylic acids is 1. The summed E-state index contributed by atoms with van der Waals surface area (Å²) in [6.45, 7) is 3.02. The molecule has 1 unspecified atom stereocenters. The highest BCUT2D eigenvalue weighted by Gasteiger charge is 2.35. The molecule has 19 heavy (non-hydrogen) atoms. The number of hydrogen-bond acceptors (Lipinski definition) is 5. The molecule has 0 radical (unpaired) electrons. The van der Waals surface area contributed by atoms with Crippen LogP contribution in [0.2, 0.25) is 0 Å². The predicted octanol–water partition coefficient (Wildman–Crippen LogP) is 0.207. The first-order chi connectivity index (χ1) is 8.97. The highest BCUT2D eigenvalue weighted by molar-refractivity contribution is 7.90. The summed E-state index contributed by atoms with van der Waals surface area (Å²) in [6, 6.07) is 0.459. The quantitative estimate of drug-likeness (QED) is 0.783. The molecule has 2 saturated heterocycles. The number of carbonyl (C=O) groups is 1. The van der Waals surface area contributed by atoms with E-state index in [0.29, 0.717) is 6.04 Å². The van der Waals surface area contributed by atoms with Crippen molar-refractivity contribution in [3.63, 3.8) is 0 Å². The van der Waals surface area contributed by atoms with Crippen LogP contribution in [0.1, 0.15) is 32.1 Å². The summed E-state index contributed by atoms with van der Waals surface area (Å²) >= 11 is 0. The Morgan fingerprint density at radius 1 is 1.26 bits per heavy atom. The van der Waals surface area contributed by atoms with Gasteiger partial charge >= 0.3 is 0 Å². The maximum atomic E-state index is 12.2. The van der Waals surface area contributed by atoms with Crippen LogP contribution in [0.4, 0.5) is 0 Å². The second kappa shape index (κ2) is 6.33. The largest absolute Gasteiger partial charge is 0.317 e. The zero-order chi connectivity index (χ0) is 13.9. The number of piperidine rings is 1. The third-order valence-corrected chi connectivity index (χ3v) is 5.11. The van der Waals surface area contributed by atoms with Crippen molar-refractivity contribution in [1.29, 1.82) is 0 Å². The van der Waals surface area contributed by atoms with Crippen molar-refractivity contribution in [2.45, 2.75) is 44.2 Å². The molecule has 0 spiro atoms. The number of Topliss-reactive ketones (excluding diaryl/α,β-unsaturated/α-hetero) is 1. The van der Waals surface area contributed by atoms with E-state index in [0.717, 1.165) is 45.3 Å². The number of rotatable bonds is 5. The molecule has 1 N–H and O–H groups in total. The Morgan fingerprint density at radius 2 is 1.95 bits per heavy atom. The van der Waals surface area contributed by atoms with Crippen molar-refractivity contribution in [3.05, 3.63) is 0 Å². The van der Waals surface area contributed by atoms with Crippen LogP contribution >= 0.6 is 0 Å². The minimum absolute atomic E-state index is 0.0115. The Bertz CT molecular complexity index is 416. The maximum Gasteiger partial charge on any atom is 0.150 e. The molecule has 0 bridgehead atoms. The van der Waals surface area contributed by atoms with Crippen LogP contribution < -0.4 is 5.32 Å². The first-order valence-electron chi connectivity index (χ1n) is 7.14. The van der Waals surface area contributed by atoms with E-state index in [1.807, 2.05) is 0 Å². The topological polar surface area (TPSA) is 66.5 Å². The molecule has 2 fully saturated rings. The zero-order valence-corrected chi connectivity index (χ0v) is 12.4. The zero-order valence-electron chi connectivity index (χ0n) is 11.6. The van der Waals surface area contributed by atoms with E-state index in [9.17, 15) is 13.2 Å². The van der Waals surface area contributed by atoms with E-state index in [4.69, 9.17) is 0 Å². The summed E-state index contributed by atoms with van der Waals surface area (Å²) in [4.78, 5) is 14.5. The summed E-state index contributed by atoms with van der Waals surface area (Å²) in [5, 5.41) is 3.34. The van der Waals surface area contributed by atoms with E-state index in [1.165, 1.54) is 6.26 Å². The number of sulfone groups is 1. The van der Waals surface area contributed by atoms with Gasteiger partial charge in [0.05, 0.1) is 11.8 Å². The molecular weight excluding hydrogens is 264 g/mol. The second-order valence-electron chi connectivity index (χ2n) is 5.72. The normalized spacial score (nSPS) is 26.7. The first kappa shape index (κ1) is 14.9. The van der Waals surface area contributed by atoms with Gasteiger partial charge in [-0.3, -0.25) is 9.69 Å². The van der Waals surface area contributed by atoms with Crippen LogP contribution in [0.5, 0.6) is 0 Å². The lowest BCUT2D eigenvalue weighted by Gasteiger charge is -2.35. The average Bonchev–Trinajstić information content (AvgIpc) is 2.85. The fraction of sp³-hybridized carbons (Fsp3) is 0.923. The molecule has 6 heteroatoms. The highest BCUT2D eigenvalue weighted by atomic mass is 32.2. The Hall–Kier alpha value is -0.460. The van der Waals surface area contributed by atoms with Gasteiger partial charge in [0.2, 0.25) is 0 Å². The first-order valence-corrected chi connectivity index (χ1v) is 9.20. The molecule has 0 saturated carbocycles. The van der Waals surface area contributed by atoms with Crippen molar-refractivity contribution in [3.8, 4) is 0 Å². The van der Waals surface area contributed by atoms with Crippen LogP contribution in [0.15, 0.2) is 0 Å². The van der Waals surface area contributed by atoms with Gasteiger partial charge in [-0.05, 0) is 45.3 Å². The van der Waals surface area contributed by atoms with Gasteiger partial charge in [0, 0.05) is 18.7 Å². The molecule has 0 aromatic heterocycles. The van der Waals surface area contributed by atoms with E-state index in [2.05, 4.69) is 10.2 Å². The standard InChI is InChI=1S/C13H24N2O3S/c1-19(17,18)10-6-13(16)12-3-2-9-15(12)11-4-7-14-8-5-11/h11-12,14H,2-10H2,1H3. The molecule has 1 atom stereocenters. The van der Waals surface area contributed by atoms with Gasteiger partial charge in [0.25, 0.3) is 0 Å². The highest BCUT2D eigenvalue weighted by Crippen LogP contribution is 2.25. The molecule has 2 aliphatic rings. The third kappa shape index (κ3) is 4.26. The molecule has 5 nitrogen and oxygen atoms in total. The van der Waals surface area contributed by atoms with Crippen LogP contribution in [0, 0.1) is 0 Å². The molecular formula is C13H24N2O3S. The Kier molecular flexibility index (Phi) is 4.97. The fourth-order valence-corrected chi connectivity index (χ4v) is 3.73. The van der Waals surface area contributed by atoms with Crippen LogP contribution in [0.25, 0.3) is 0 Å². The van der Waals surface area contributed by atoms with Crippen LogP contribution in [-0.2, 0) is 14.6 Å². The van der Waals surface area contributed by atoms with Crippen LogP contribution in [-0.4, -0.2) is 62.8 Å². The minimum atomic E-state index is -3.04. The van der Waals surface area contributed by atoms with Crippen molar-refractivity contribution in [2.24, 2.45) is 0 Å². The fourth-order valence-electron chi connectivity index (χ4n) is 3.16. The summed E-state index contributed by atoms with van der Waals surface area (Å²) in [7, 11) is -3.04. The number of nitrogens with one attached hydrogen (secondary N) is 1. The lowest BCUT2D eigenvalue weighted by atomic mass is 10.0. The molecule has 2 rings (SSSR count). The van der Waals surface area contributed by atoms with Gasteiger partial charge < -0.3 is 5.32 Å². The molecule has 0 aliphatic carbocycles. The minimum Gasteiger partial charge on any atom is -0.317 e. The van der Waals surface area contributed by atoms with Crippen molar-refractivity contribution in [2.75, 3.05) is 31.6 Å². The molecule has 0 aromatic rings. The van der Waals surface area contributed by atoms with Gasteiger partial charge in [-0.15, -0.1) is 0 Å². The summed E-state index contributed by atoms with van der Waals surface area (Å²) in [6.07, 6.45) is 5.50. The number of nitrogens with zero attached hydrogens (tertiary/aromatic N) is 1. The summed E-state index contributed by atoms with van der Waals surface area (Å²) in [5.41, 5.74) is 0. The number of likely N-dealkylation sites (tertiary alicyclic amines) is 1. The van der Waals surface area contributed by atoms with Crippen molar-refractivity contribution < 1.29 is 13.2 Å². The second-order valence-corrected chi connectivity index (χ2v) is 7.98. The molecule has 2 aliphatic heterocycles. The Balaban J connectivity index is 1.92. The van der Waals surface area contributed by atoms with Gasteiger partial charge in [-0.25, -0.2) is 8.42 Å². The van der Waals surface area contributed by atoms with E-state index in [1.54, 1.807) is 0 Å². The summed E-state index contributed by atoms with van der Waals surface area (Å²) < 4.78 is 22.3. The molecule has 2 heterocycles. The maximum absolute atomic E-state index is 12.2. The van der Waals surface area contributed by atoms with Crippen molar-refractivity contribution in [1.82, 2.24) is 10.2 Å². The number of hydrogen-bond donors (Lipinski definition) is 1. The van der Waals surface area contributed by atoms with Crippen molar-refractivity contribution >= 4 is 15.6 Å². The Morgan fingerprint density at radius 3 is 2.58 bits per heavy atom. The van der Waals surface area contributed by atoms with Gasteiger partial charge in [0.1, 0.15) is 9.84 Å². The van der Waals surface area contributed by atoms with Crippen LogP contribution in [0.3, 0.4) is 0 Å². The third-order valence-electron chi connectivity index (χ3n) is 4.16. The van der Waals surface area contributed by atoms with Gasteiger partial charge in [0.15, 0.2) is 5.78 Å². The lowest BCUT2D eigenvalue weighted by Crippen LogP contribution is -2.48. The summed E-state index contributed by atoms with van der Waals surface area (Å²) in [5.74, 6) is 0.101. The number of ketones is 1. The van der Waals surface area contributed by atoms with E-state index >= 15 is 0 Å². The lowest BCUT2D eigenvalue weighted by molar-refractivity contribution is -0.123. The predicted molar refractivity (Wildman–Crippen MR) is 75.0 cm³/mol. The monoisotopic (exact) mass is 288 g/mol. The smallest absolute Gasteiger partial charge is 0.150 e. The molecule has 0 aromatic carbocycles. The van der Waals surface area contributed by atoms with E-state index < -0.39 is 9.84 Å².